The van der Waals surface area contributed by atoms with E-state index in [9.17, 15) is 0 Å². The maximum Gasteiger partial charge on any atom is 0.182 e. The molecule has 0 aromatic carbocycles. The van der Waals surface area contributed by atoms with Crippen molar-refractivity contribution >= 4 is 27.1 Å². The highest BCUT2D eigenvalue weighted by Crippen LogP contribution is 2.28. The number of hydrogen-bond donors (Lipinski definition) is 0. The molecule has 0 spiro atoms. The molecule has 0 aliphatic rings. The number of hydrogen-bond acceptors (Lipinski definition) is 3. The highest BCUT2D eigenvalue weighted by molar-refractivity contribution is 9.10. The Hall–Kier alpha value is -1.75. The highest BCUT2D eigenvalue weighted by atomic mass is 79.9. The fourth-order valence-electron chi connectivity index (χ4n) is 1.88. The molecule has 4 nitrogen and oxygen atoms in total. The molecule has 3 aromatic rings. The second-order valence-corrected chi connectivity index (χ2v) is 4.99. The van der Waals surface area contributed by atoms with Crippen LogP contribution in [-0.2, 0) is 0 Å². The average Bonchev–Trinajstić information content (AvgIpc) is 2.97. The number of pyridine rings is 1. The summed E-state index contributed by atoms with van der Waals surface area (Å²) in [7, 11) is 4.03. The molecule has 0 radical (unpaired) electrons. The predicted molar refractivity (Wildman–Crippen MR) is 74.9 cm³/mol. The zero-order valence-electron chi connectivity index (χ0n) is 10.1. The Morgan fingerprint density at radius 2 is 2.11 bits per heavy atom. The molecule has 3 heterocycles. The summed E-state index contributed by atoms with van der Waals surface area (Å²) in [6.07, 6.45) is 3.70. The van der Waals surface area contributed by atoms with E-state index in [-0.39, 0.29) is 0 Å². The summed E-state index contributed by atoms with van der Waals surface area (Å²) >= 11 is 3.48. The lowest BCUT2D eigenvalue weighted by molar-refractivity contribution is 0.577. The summed E-state index contributed by atoms with van der Waals surface area (Å²) in [6, 6.07) is 7.87. The molecule has 0 fully saturated rings. The zero-order valence-corrected chi connectivity index (χ0v) is 11.7. The standard InChI is InChI=1S/C13H12BrN3O/c1-16(2)9-5-6-10-12(14)15-13(17(10)8-9)11-4-3-7-18-11/h3-8H,1-2H3. The van der Waals surface area contributed by atoms with Gasteiger partial charge in [0.25, 0.3) is 0 Å². The average molecular weight is 306 g/mol. The van der Waals surface area contributed by atoms with Gasteiger partial charge in [0.15, 0.2) is 11.6 Å². The molecule has 0 N–H and O–H groups in total. The van der Waals surface area contributed by atoms with Gasteiger partial charge in [0, 0.05) is 20.3 Å². The summed E-state index contributed by atoms with van der Waals surface area (Å²) in [5.74, 6) is 1.55. The number of anilines is 1. The number of imidazole rings is 1. The van der Waals surface area contributed by atoms with E-state index >= 15 is 0 Å². The lowest BCUT2D eigenvalue weighted by Gasteiger charge is -2.12. The van der Waals surface area contributed by atoms with Crippen molar-refractivity contribution in [3.05, 3.63) is 41.3 Å². The number of nitrogens with zero attached hydrogens (tertiary/aromatic N) is 3. The number of furan rings is 1. The van der Waals surface area contributed by atoms with Crippen molar-refractivity contribution in [2.45, 2.75) is 0 Å². The largest absolute Gasteiger partial charge is 0.461 e. The summed E-state index contributed by atoms with van der Waals surface area (Å²) in [4.78, 5) is 6.55. The van der Waals surface area contributed by atoms with Crippen LogP contribution in [0.4, 0.5) is 5.69 Å². The molecule has 3 aromatic heterocycles. The molecular weight excluding hydrogens is 294 g/mol. The quantitative estimate of drug-likeness (QED) is 0.727. The van der Waals surface area contributed by atoms with Gasteiger partial charge >= 0.3 is 0 Å². The predicted octanol–water partition coefficient (Wildman–Crippen LogP) is 3.42. The van der Waals surface area contributed by atoms with Gasteiger partial charge in [0.2, 0.25) is 0 Å². The van der Waals surface area contributed by atoms with E-state index in [0.29, 0.717) is 0 Å². The monoisotopic (exact) mass is 305 g/mol. The van der Waals surface area contributed by atoms with E-state index < -0.39 is 0 Å². The van der Waals surface area contributed by atoms with Crippen LogP contribution in [0.3, 0.4) is 0 Å². The first kappa shape index (κ1) is 11.3. The third-order valence-electron chi connectivity index (χ3n) is 2.83. The fourth-order valence-corrected chi connectivity index (χ4v) is 2.37. The molecule has 0 bridgehead atoms. The molecule has 0 unspecified atom stereocenters. The maximum atomic E-state index is 5.42. The van der Waals surface area contributed by atoms with E-state index in [1.807, 2.05) is 42.9 Å². The zero-order chi connectivity index (χ0) is 12.7. The molecule has 0 saturated carbocycles. The molecule has 92 valence electrons. The van der Waals surface area contributed by atoms with Crippen LogP contribution in [0.1, 0.15) is 0 Å². The number of rotatable bonds is 2. The van der Waals surface area contributed by atoms with E-state index in [1.54, 1.807) is 6.26 Å². The number of fused-ring (bicyclic) bond motifs is 1. The summed E-state index contributed by atoms with van der Waals surface area (Å²) in [6.45, 7) is 0. The minimum absolute atomic E-state index is 0.756. The fraction of sp³-hybridized carbons (Fsp3) is 0.154. The maximum absolute atomic E-state index is 5.42. The first-order valence-corrected chi connectivity index (χ1v) is 6.35. The van der Waals surface area contributed by atoms with Crippen LogP contribution in [-0.4, -0.2) is 23.5 Å². The molecule has 18 heavy (non-hydrogen) atoms. The Balaban J connectivity index is 2.29. The van der Waals surface area contributed by atoms with Crippen molar-refractivity contribution in [1.29, 1.82) is 0 Å². The van der Waals surface area contributed by atoms with Crippen molar-refractivity contribution in [3.63, 3.8) is 0 Å². The van der Waals surface area contributed by atoms with Gasteiger partial charge in [-0.2, -0.15) is 0 Å². The molecule has 0 amide bonds. The third kappa shape index (κ3) is 1.71. The van der Waals surface area contributed by atoms with Gasteiger partial charge in [0.05, 0.1) is 17.5 Å². The molecule has 3 rings (SSSR count). The van der Waals surface area contributed by atoms with Crippen molar-refractivity contribution in [1.82, 2.24) is 9.38 Å². The lowest BCUT2D eigenvalue weighted by Crippen LogP contribution is -2.09. The van der Waals surface area contributed by atoms with Crippen molar-refractivity contribution in [2.24, 2.45) is 0 Å². The van der Waals surface area contributed by atoms with Gasteiger partial charge in [-0.25, -0.2) is 4.98 Å². The summed E-state index contributed by atoms with van der Waals surface area (Å²) in [5, 5.41) is 0. The highest BCUT2D eigenvalue weighted by Gasteiger charge is 2.13. The topological polar surface area (TPSA) is 33.7 Å². The van der Waals surface area contributed by atoms with Crippen LogP contribution in [0.25, 0.3) is 17.1 Å². The van der Waals surface area contributed by atoms with Gasteiger partial charge in [-0.05, 0) is 40.2 Å². The minimum atomic E-state index is 0.756. The van der Waals surface area contributed by atoms with Crippen LogP contribution in [0, 0.1) is 0 Å². The molecule has 0 aliphatic heterocycles. The summed E-state index contributed by atoms with van der Waals surface area (Å²) in [5.41, 5.74) is 2.13. The van der Waals surface area contributed by atoms with E-state index in [1.165, 1.54) is 0 Å². The first-order chi connectivity index (χ1) is 8.66. The Labute approximate surface area is 113 Å². The smallest absolute Gasteiger partial charge is 0.182 e. The second-order valence-electron chi connectivity index (χ2n) is 4.24. The molecular formula is C13H12BrN3O. The van der Waals surface area contributed by atoms with Gasteiger partial charge in [-0.3, -0.25) is 4.40 Å². The van der Waals surface area contributed by atoms with E-state index in [2.05, 4.69) is 31.9 Å². The number of aromatic nitrogens is 2. The summed E-state index contributed by atoms with van der Waals surface area (Å²) < 4.78 is 8.27. The van der Waals surface area contributed by atoms with Crippen LogP contribution in [0.15, 0.2) is 45.7 Å². The molecule has 0 atom stereocenters. The Bertz CT molecular complexity index is 686. The molecule has 0 saturated heterocycles. The van der Waals surface area contributed by atoms with Crippen molar-refractivity contribution in [3.8, 4) is 11.6 Å². The first-order valence-electron chi connectivity index (χ1n) is 5.55. The molecule has 0 aliphatic carbocycles. The van der Waals surface area contributed by atoms with Crippen molar-refractivity contribution < 1.29 is 4.42 Å². The molecule has 5 heteroatoms. The van der Waals surface area contributed by atoms with Crippen LogP contribution in [0.5, 0.6) is 0 Å². The number of halogens is 1. The van der Waals surface area contributed by atoms with Crippen LogP contribution >= 0.6 is 15.9 Å². The Kier molecular flexibility index (Phi) is 2.63. The minimum Gasteiger partial charge on any atom is -0.461 e. The van der Waals surface area contributed by atoms with Crippen LogP contribution in [0.2, 0.25) is 0 Å². The van der Waals surface area contributed by atoms with Gasteiger partial charge in [-0.1, -0.05) is 0 Å². The van der Waals surface area contributed by atoms with Crippen LogP contribution < -0.4 is 4.90 Å². The second kappa shape index (κ2) is 4.17. The lowest BCUT2D eigenvalue weighted by atomic mass is 10.3. The Morgan fingerprint density at radius 3 is 2.78 bits per heavy atom. The van der Waals surface area contributed by atoms with Gasteiger partial charge < -0.3 is 9.32 Å². The third-order valence-corrected chi connectivity index (χ3v) is 3.42. The van der Waals surface area contributed by atoms with Gasteiger partial charge in [-0.15, -0.1) is 0 Å². The Morgan fingerprint density at radius 1 is 1.28 bits per heavy atom. The van der Waals surface area contributed by atoms with Crippen molar-refractivity contribution in [2.75, 3.05) is 19.0 Å². The normalized spacial score (nSPS) is 11.1. The van der Waals surface area contributed by atoms with E-state index in [0.717, 1.165) is 27.4 Å². The van der Waals surface area contributed by atoms with Gasteiger partial charge in [0.1, 0.15) is 4.60 Å². The SMILES string of the molecule is CN(C)c1ccc2c(Br)nc(-c3ccco3)n2c1. The van der Waals surface area contributed by atoms with E-state index in [4.69, 9.17) is 4.42 Å².